The van der Waals surface area contributed by atoms with Gasteiger partial charge in [0.25, 0.3) is 11.6 Å². The van der Waals surface area contributed by atoms with Crippen LogP contribution in [0.25, 0.3) is 16.3 Å². The number of hydrogen-bond acceptors (Lipinski definition) is 10. The van der Waals surface area contributed by atoms with Gasteiger partial charge in [-0.2, -0.15) is 10.1 Å². The highest BCUT2D eigenvalue weighted by atomic mass is 32.1. The molecule has 13 heteroatoms. The number of furan rings is 1. The Morgan fingerprint density at radius 1 is 1.11 bits per heavy atom. The van der Waals surface area contributed by atoms with Gasteiger partial charge in [-0.1, -0.05) is 11.3 Å². The molecule has 0 bridgehead atoms. The molecule has 12 nitrogen and oxygen atoms in total. The molecule has 4 aromatic rings. The van der Waals surface area contributed by atoms with Crippen LogP contribution in [0.3, 0.4) is 0 Å². The molecule has 0 aliphatic heterocycles. The maximum Gasteiger partial charge on any atom is 0.433 e. The number of amides is 1. The average molecular weight is 493 g/mol. The summed E-state index contributed by atoms with van der Waals surface area (Å²) in [5.74, 6) is -0.354. The summed E-state index contributed by atoms with van der Waals surface area (Å²) in [5, 5.41) is 27.1. The van der Waals surface area contributed by atoms with E-state index in [9.17, 15) is 25.0 Å². The van der Waals surface area contributed by atoms with Gasteiger partial charge in [-0.25, -0.2) is 4.98 Å². The summed E-state index contributed by atoms with van der Waals surface area (Å²) in [4.78, 5) is 38.0. The third-order valence-electron chi connectivity index (χ3n) is 4.59. The van der Waals surface area contributed by atoms with Gasteiger partial charge >= 0.3 is 5.88 Å². The molecular weight excluding hydrogens is 478 g/mol. The highest BCUT2D eigenvalue weighted by Gasteiger charge is 2.18. The van der Waals surface area contributed by atoms with Crippen LogP contribution >= 0.6 is 11.3 Å². The zero-order valence-electron chi connectivity index (χ0n) is 17.9. The third-order valence-corrected chi connectivity index (χ3v) is 5.58. The van der Waals surface area contributed by atoms with Gasteiger partial charge in [-0.15, -0.1) is 0 Å². The minimum Gasteiger partial charge on any atom is -0.497 e. The second kappa shape index (κ2) is 9.93. The van der Waals surface area contributed by atoms with Crippen LogP contribution in [0, 0.1) is 20.2 Å². The summed E-state index contributed by atoms with van der Waals surface area (Å²) in [6, 6.07) is 13.4. The Balaban J connectivity index is 1.65. The Bertz CT molecular complexity index is 1470. The fraction of sp³-hybridized carbons (Fsp3) is 0.0455. The fourth-order valence-electron chi connectivity index (χ4n) is 2.88. The minimum absolute atomic E-state index is 0.0663. The number of thiazole rings is 1. The number of anilines is 1. The predicted octanol–water partition coefficient (Wildman–Crippen LogP) is 4.79. The first-order valence-electron chi connectivity index (χ1n) is 9.83. The molecule has 0 atom stereocenters. The van der Waals surface area contributed by atoms with Gasteiger partial charge in [0.15, 0.2) is 5.76 Å². The van der Waals surface area contributed by atoms with E-state index in [-0.39, 0.29) is 16.6 Å². The van der Waals surface area contributed by atoms with E-state index < -0.39 is 21.6 Å². The van der Waals surface area contributed by atoms with Crippen LogP contribution in [0.2, 0.25) is 0 Å². The van der Waals surface area contributed by atoms with E-state index in [1.807, 2.05) is 0 Å². The molecule has 2 aromatic heterocycles. The third kappa shape index (κ3) is 5.36. The Hall–Kier alpha value is -4.91. The molecule has 176 valence electrons. The lowest BCUT2D eigenvalue weighted by atomic mass is 10.2. The van der Waals surface area contributed by atoms with E-state index in [2.05, 4.69) is 10.1 Å². The largest absolute Gasteiger partial charge is 0.497 e. The van der Waals surface area contributed by atoms with E-state index in [4.69, 9.17) is 9.15 Å². The van der Waals surface area contributed by atoms with Crippen molar-refractivity contribution >= 4 is 56.5 Å². The predicted molar refractivity (Wildman–Crippen MR) is 129 cm³/mol. The molecule has 0 unspecified atom stereocenters. The maximum absolute atomic E-state index is 13.0. The molecule has 2 heterocycles. The lowest BCUT2D eigenvalue weighted by Gasteiger charge is -2.10. The topological polar surface area (TPSA) is 154 Å². The summed E-state index contributed by atoms with van der Waals surface area (Å²) < 4.78 is 11.0. The summed E-state index contributed by atoms with van der Waals surface area (Å²) in [6.07, 6.45) is 3.87. The van der Waals surface area contributed by atoms with Crippen molar-refractivity contribution in [1.82, 2.24) is 4.98 Å². The van der Waals surface area contributed by atoms with Gasteiger partial charge in [-0.3, -0.25) is 25.0 Å². The number of non-ortho nitro benzene ring substituents is 1. The first kappa shape index (κ1) is 23.3. The number of fused-ring (bicyclic) bond motifs is 1. The molecule has 1 amide bonds. The summed E-state index contributed by atoms with van der Waals surface area (Å²) >= 11 is 1.19. The fourth-order valence-corrected chi connectivity index (χ4v) is 3.84. The monoisotopic (exact) mass is 493 g/mol. The first-order valence-corrected chi connectivity index (χ1v) is 10.6. The van der Waals surface area contributed by atoms with Crippen molar-refractivity contribution < 1.29 is 23.8 Å². The second-order valence-electron chi connectivity index (χ2n) is 6.84. The van der Waals surface area contributed by atoms with Crippen LogP contribution in [0.4, 0.5) is 16.7 Å². The number of ether oxygens (including phenoxy) is 1. The molecule has 2 aromatic carbocycles. The number of hydrogen-bond donors (Lipinski definition) is 0. The quantitative estimate of drug-likeness (QED) is 0.147. The molecule has 0 spiro atoms. The van der Waals surface area contributed by atoms with Gasteiger partial charge in [-0.05, 0) is 48.0 Å². The van der Waals surface area contributed by atoms with E-state index in [1.54, 1.807) is 18.2 Å². The van der Waals surface area contributed by atoms with E-state index in [1.165, 1.54) is 67.0 Å². The number of methoxy groups -OCH3 is 1. The van der Waals surface area contributed by atoms with Gasteiger partial charge in [0.2, 0.25) is 5.13 Å². The van der Waals surface area contributed by atoms with Gasteiger partial charge in [0.05, 0.1) is 34.5 Å². The SMILES string of the molecule is COc1ccc2nc(N(/N=C/c3ccc([N+](=O)[O-])o3)C(=O)/C=C/c3ccc([N+](=O)[O-])cc3)sc2c1. The number of nitro benzene ring substituents is 1. The average Bonchev–Trinajstić information content (AvgIpc) is 3.50. The maximum atomic E-state index is 13.0. The summed E-state index contributed by atoms with van der Waals surface area (Å²) in [6.45, 7) is 0. The van der Waals surface area contributed by atoms with Crippen LogP contribution in [-0.2, 0) is 4.79 Å². The lowest BCUT2D eigenvalue weighted by molar-refractivity contribution is -0.402. The minimum atomic E-state index is -0.686. The van der Waals surface area contributed by atoms with Crippen LogP contribution in [0.5, 0.6) is 5.75 Å². The Labute approximate surface area is 200 Å². The second-order valence-corrected chi connectivity index (χ2v) is 7.85. The number of nitro groups is 2. The van der Waals surface area contributed by atoms with Crippen molar-refractivity contribution in [2.24, 2.45) is 5.10 Å². The normalized spacial score (nSPS) is 11.3. The Morgan fingerprint density at radius 3 is 2.54 bits per heavy atom. The molecule has 0 saturated heterocycles. The van der Waals surface area contributed by atoms with Crippen LogP contribution in [-0.4, -0.2) is 34.1 Å². The van der Waals surface area contributed by atoms with Crippen molar-refractivity contribution in [3.05, 3.63) is 92.2 Å². The van der Waals surface area contributed by atoms with Crippen LogP contribution < -0.4 is 9.75 Å². The number of benzene rings is 2. The molecule has 0 radical (unpaired) electrons. The Morgan fingerprint density at radius 2 is 1.89 bits per heavy atom. The van der Waals surface area contributed by atoms with Crippen molar-refractivity contribution in [2.45, 2.75) is 0 Å². The van der Waals surface area contributed by atoms with Gasteiger partial charge in [0.1, 0.15) is 10.7 Å². The van der Waals surface area contributed by atoms with Crippen molar-refractivity contribution in [2.75, 3.05) is 12.1 Å². The Kier molecular flexibility index (Phi) is 6.59. The molecule has 0 N–H and O–H groups in total. The van der Waals surface area contributed by atoms with Crippen molar-refractivity contribution in [1.29, 1.82) is 0 Å². The molecule has 0 aliphatic rings. The van der Waals surface area contributed by atoms with Gasteiger partial charge < -0.3 is 9.15 Å². The van der Waals surface area contributed by atoms with Gasteiger partial charge in [0, 0.05) is 18.2 Å². The molecular formula is C22H15N5O7S. The number of nitrogens with zero attached hydrogens (tertiary/aromatic N) is 5. The van der Waals surface area contributed by atoms with Crippen molar-refractivity contribution in [3.8, 4) is 5.75 Å². The number of hydrazone groups is 1. The van der Waals surface area contributed by atoms with Crippen molar-refractivity contribution in [3.63, 3.8) is 0 Å². The summed E-state index contributed by atoms with van der Waals surface area (Å²) in [5.41, 5.74) is 1.10. The smallest absolute Gasteiger partial charge is 0.433 e. The lowest BCUT2D eigenvalue weighted by Crippen LogP contribution is -2.23. The zero-order chi connectivity index (χ0) is 24.9. The molecule has 0 saturated carbocycles. The standard InChI is InChI=1S/C22H15N5O7S/c1-33-16-7-9-18-19(12-16)35-22(24-18)25(23-13-17-8-11-21(34-17)27(31)32)20(28)10-4-14-2-5-15(6-3-14)26(29)30/h2-13H,1H3/b10-4+,23-13+. The molecule has 0 aliphatic carbocycles. The van der Waals surface area contributed by atoms with E-state index in [0.717, 1.165) is 15.9 Å². The molecule has 4 rings (SSSR count). The number of carbonyl (C=O) groups excluding carboxylic acids is 1. The highest BCUT2D eigenvalue weighted by molar-refractivity contribution is 7.22. The first-order chi connectivity index (χ1) is 16.8. The highest BCUT2D eigenvalue weighted by Crippen LogP contribution is 2.32. The number of rotatable bonds is 8. The zero-order valence-corrected chi connectivity index (χ0v) is 18.7. The van der Waals surface area contributed by atoms with Crippen LogP contribution in [0.1, 0.15) is 11.3 Å². The summed E-state index contributed by atoms with van der Waals surface area (Å²) in [7, 11) is 1.54. The van der Waals surface area contributed by atoms with E-state index >= 15 is 0 Å². The molecule has 35 heavy (non-hydrogen) atoms. The molecule has 0 fully saturated rings. The van der Waals surface area contributed by atoms with E-state index in [0.29, 0.717) is 16.8 Å². The van der Waals surface area contributed by atoms with Crippen LogP contribution in [0.15, 0.2) is 70.2 Å². The number of carbonyl (C=O) groups is 1. The number of aromatic nitrogens is 1.